The van der Waals surface area contributed by atoms with Crippen LogP contribution in [0.5, 0.6) is 5.75 Å². The molecule has 0 spiro atoms. The number of pyridine rings is 1. The number of aromatic nitrogens is 1. The van der Waals surface area contributed by atoms with E-state index in [2.05, 4.69) is 16.8 Å². The molecule has 1 heterocycles. The van der Waals surface area contributed by atoms with E-state index in [9.17, 15) is 9.69 Å². The van der Waals surface area contributed by atoms with E-state index in [1.807, 2.05) is 42.7 Å². The van der Waals surface area contributed by atoms with Gasteiger partial charge in [0.25, 0.3) is 0 Å². The summed E-state index contributed by atoms with van der Waals surface area (Å²) in [6.45, 7) is 3.68. The molecule has 1 aromatic carbocycles. The highest BCUT2D eigenvalue weighted by atomic mass is 31.2. The van der Waals surface area contributed by atoms with E-state index >= 15 is 0 Å². The number of carbonyl (C=O) groups is 1. The first kappa shape index (κ1) is 37.9. The SMILES string of the molecule is CCCCCCCCCCCCCCCCCCNC(=O)OCC(COP(O)Oc1ccc(C[n+]2ccccc2)cc1)OC. The van der Waals surface area contributed by atoms with Crippen molar-refractivity contribution in [1.82, 2.24) is 5.32 Å². The number of ether oxygens (including phenoxy) is 2. The highest BCUT2D eigenvalue weighted by Crippen LogP contribution is 2.35. The van der Waals surface area contributed by atoms with Crippen LogP contribution < -0.4 is 14.4 Å². The molecule has 44 heavy (non-hydrogen) atoms. The molecular weight excluding hydrogens is 575 g/mol. The standard InChI is InChI=1S/C35H57N2O6P/c1-3-4-5-6-7-8-9-10-11-12-13-14-15-16-17-19-26-36-35(38)41-30-34(40-2)31-42-44(39)43-33-24-22-32(23-25-33)29-37-27-20-18-21-28-37/h18,20-25,27-28,34,39H,3-17,19,26,29-31H2,1-2H3/p+1. The Kier molecular flexibility index (Phi) is 22.4. The molecule has 248 valence electrons. The van der Waals surface area contributed by atoms with Gasteiger partial charge in [0, 0.05) is 31.4 Å². The van der Waals surface area contributed by atoms with Crippen molar-refractivity contribution in [3.8, 4) is 5.75 Å². The van der Waals surface area contributed by atoms with E-state index in [4.69, 9.17) is 18.5 Å². The number of alkyl carbamates (subject to hydrolysis) is 1. The van der Waals surface area contributed by atoms with Crippen LogP contribution in [0.15, 0.2) is 54.9 Å². The Morgan fingerprint density at radius 3 is 1.89 bits per heavy atom. The van der Waals surface area contributed by atoms with Crippen molar-refractivity contribution < 1.29 is 32.8 Å². The van der Waals surface area contributed by atoms with Gasteiger partial charge in [0.1, 0.15) is 18.5 Å². The third kappa shape index (κ3) is 19.9. The van der Waals surface area contributed by atoms with Gasteiger partial charge in [-0.15, -0.1) is 0 Å². The predicted octanol–water partition coefficient (Wildman–Crippen LogP) is 8.64. The summed E-state index contributed by atoms with van der Waals surface area (Å²) >= 11 is 0. The van der Waals surface area contributed by atoms with Crippen LogP contribution in [-0.2, 0) is 20.5 Å². The number of methoxy groups -OCH3 is 1. The maximum absolute atomic E-state index is 12.0. The Morgan fingerprint density at radius 1 is 0.795 bits per heavy atom. The Balaban J connectivity index is 1.41. The van der Waals surface area contributed by atoms with Crippen molar-refractivity contribution in [2.45, 2.75) is 122 Å². The fourth-order valence-electron chi connectivity index (χ4n) is 4.94. The van der Waals surface area contributed by atoms with E-state index in [0.29, 0.717) is 12.3 Å². The third-order valence-electron chi connectivity index (χ3n) is 7.65. The molecular formula is C35H58N2O6P+. The summed E-state index contributed by atoms with van der Waals surface area (Å²) < 4.78 is 23.6. The van der Waals surface area contributed by atoms with Crippen molar-refractivity contribution in [3.05, 3.63) is 60.4 Å². The third-order valence-corrected chi connectivity index (χ3v) is 8.39. The van der Waals surface area contributed by atoms with Crippen LogP contribution in [0.25, 0.3) is 0 Å². The van der Waals surface area contributed by atoms with E-state index < -0.39 is 20.8 Å². The number of carbonyl (C=O) groups excluding carboxylic acids is 1. The van der Waals surface area contributed by atoms with E-state index in [0.717, 1.165) is 24.9 Å². The summed E-state index contributed by atoms with van der Waals surface area (Å²) in [7, 11) is -0.637. The lowest BCUT2D eigenvalue weighted by Crippen LogP contribution is -2.32. The molecule has 2 rings (SSSR count). The molecule has 8 nitrogen and oxygen atoms in total. The summed E-state index contributed by atoms with van der Waals surface area (Å²) in [4.78, 5) is 22.2. The van der Waals surface area contributed by atoms with E-state index in [1.54, 1.807) is 12.1 Å². The molecule has 2 aromatic rings. The molecule has 0 bridgehead atoms. The van der Waals surface area contributed by atoms with Gasteiger partial charge in [0.05, 0.1) is 6.61 Å². The lowest BCUT2D eigenvalue weighted by atomic mass is 10.0. The molecule has 1 amide bonds. The van der Waals surface area contributed by atoms with Crippen molar-refractivity contribution >= 4 is 14.7 Å². The van der Waals surface area contributed by atoms with Crippen LogP contribution in [0, 0.1) is 0 Å². The predicted molar refractivity (Wildman–Crippen MR) is 178 cm³/mol. The number of benzene rings is 1. The average Bonchev–Trinajstić information content (AvgIpc) is 3.04. The molecule has 0 radical (unpaired) electrons. The van der Waals surface area contributed by atoms with Crippen LogP contribution in [-0.4, -0.2) is 44.0 Å². The van der Waals surface area contributed by atoms with Crippen molar-refractivity contribution in [2.75, 3.05) is 26.9 Å². The number of hydrogen-bond acceptors (Lipinski definition) is 6. The van der Waals surface area contributed by atoms with Gasteiger partial charge in [-0.3, -0.25) is 4.52 Å². The number of nitrogens with zero attached hydrogens (tertiary/aromatic N) is 1. The fourth-order valence-corrected chi connectivity index (χ4v) is 5.59. The van der Waals surface area contributed by atoms with Gasteiger partial charge in [0.2, 0.25) is 0 Å². The van der Waals surface area contributed by atoms with Crippen LogP contribution in [0.2, 0.25) is 0 Å². The molecule has 2 atom stereocenters. The second-order valence-electron chi connectivity index (χ2n) is 11.5. The molecule has 9 heteroatoms. The number of amides is 1. The number of rotatable bonds is 27. The van der Waals surface area contributed by atoms with Crippen molar-refractivity contribution in [1.29, 1.82) is 0 Å². The van der Waals surface area contributed by atoms with Crippen LogP contribution in [0.3, 0.4) is 0 Å². The van der Waals surface area contributed by atoms with Crippen LogP contribution in [0.4, 0.5) is 4.79 Å². The molecule has 2 N–H and O–H groups in total. The number of nitrogens with one attached hydrogen (secondary N) is 1. The van der Waals surface area contributed by atoms with Gasteiger partial charge in [-0.1, -0.05) is 109 Å². The van der Waals surface area contributed by atoms with Crippen molar-refractivity contribution in [3.63, 3.8) is 0 Å². The minimum atomic E-state index is -2.15. The second-order valence-corrected chi connectivity index (χ2v) is 12.4. The van der Waals surface area contributed by atoms with E-state index in [1.165, 1.54) is 97.0 Å². The van der Waals surface area contributed by atoms with Crippen LogP contribution >= 0.6 is 8.60 Å². The maximum atomic E-state index is 12.0. The second kappa shape index (κ2) is 26.0. The minimum absolute atomic E-state index is 0.0241. The normalized spacial score (nSPS) is 12.5. The first-order valence-corrected chi connectivity index (χ1v) is 18.0. The molecule has 0 aliphatic carbocycles. The minimum Gasteiger partial charge on any atom is -0.447 e. The highest BCUT2D eigenvalue weighted by Gasteiger charge is 2.17. The molecule has 0 aliphatic rings. The summed E-state index contributed by atoms with van der Waals surface area (Å²) in [5.41, 5.74) is 1.11. The first-order valence-electron chi connectivity index (χ1n) is 16.9. The van der Waals surface area contributed by atoms with Gasteiger partial charge in [-0.05, 0) is 30.7 Å². The zero-order valence-corrected chi connectivity index (χ0v) is 28.2. The monoisotopic (exact) mass is 633 g/mol. The molecule has 0 saturated carbocycles. The number of hydrogen-bond donors (Lipinski definition) is 2. The van der Waals surface area contributed by atoms with Gasteiger partial charge >= 0.3 is 14.7 Å². The zero-order valence-electron chi connectivity index (χ0n) is 27.3. The average molecular weight is 634 g/mol. The Morgan fingerprint density at radius 2 is 1.34 bits per heavy atom. The molecule has 0 fully saturated rings. The van der Waals surface area contributed by atoms with Gasteiger partial charge in [-0.2, -0.15) is 0 Å². The Hall–Kier alpha value is -2.25. The summed E-state index contributed by atoms with van der Waals surface area (Å²) in [5, 5.41) is 2.80. The van der Waals surface area contributed by atoms with Crippen LogP contribution in [0.1, 0.15) is 115 Å². The zero-order chi connectivity index (χ0) is 31.5. The largest absolute Gasteiger partial charge is 0.447 e. The topological polar surface area (TPSA) is 90.1 Å². The van der Waals surface area contributed by atoms with Gasteiger partial charge < -0.3 is 24.2 Å². The molecule has 2 unspecified atom stereocenters. The van der Waals surface area contributed by atoms with Gasteiger partial charge in [-0.25, -0.2) is 9.36 Å². The van der Waals surface area contributed by atoms with Crippen molar-refractivity contribution in [2.24, 2.45) is 0 Å². The maximum Gasteiger partial charge on any atom is 0.407 e. The first-order chi connectivity index (χ1) is 21.6. The fraction of sp³-hybridized carbons (Fsp3) is 0.657. The molecule has 0 aliphatic heterocycles. The Labute approximate surface area is 267 Å². The van der Waals surface area contributed by atoms with E-state index in [-0.39, 0.29) is 13.2 Å². The lowest BCUT2D eigenvalue weighted by Gasteiger charge is -2.18. The summed E-state index contributed by atoms with van der Waals surface area (Å²) in [6, 6.07) is 13.4. The lowest BCUT2D eigenvalue weighted by molar-refractivity contribution is -0.688. The Bertz CT molecular complexity index is 950. The molecule has 0 saturated heterocycles. The molecule has 1 aromatic heterocycles. The smallest absolute Gasteiger partial charge is 0.407 e. The summed E-state index contributed by atoms with van der Waals surface area (Å²) in [6.07, 6.45) is 24.2. The highest BCUT2D eigenvalue weighted by molar-refractivity contribution is 7.41. The quantitative estimate of drug-likeness (QED) is 0.0582. The summed E-state index contributed by atoms with van der Waals surface area (Å²) in [5.74, 6) is 0.513. The number of unbranched alkanes of at least 4 members (excludes halogenated alkanes) is 15. The van der Waals surface area contributed by atoms with Gasteiger partial charge in [0.15, 0.2) is 18.9 Å².